The number of aromatic nitrogens is 2. The molecule has 0 saturated carbocycles. The van der Waals surface area contributed by atoms with E-state index >= 15 is 0 Å². The molecule has 0 unspecified atom stereocenters. The summed E-state index contributed by atoms with van der Waals surface area (Å²) < 4.78 is 53.0. The average molecular weight is 387 g/mol. The van der Waals surface area contributed by atoms with Crippen LogP contribution in [0.3, 0.4) is 0 Å². The number of hydrogen-bond acceptors (Lipinski definition) is 3. The zero-order valence-corrected chi connectivity index (χ0v) is 14.9. The van der Waals surface area contributed by atoms with Gasteiger partial charge in [0.15, 0.2) is 5.82 Å². The van der Waals surface area contributed by atoms with Gasteiger partial charge < -0.3 is 0 Å². The molecule has 0 fully saturated rings. The first kappa shape index (κ1) is 18.6. The van der Waals surface area contributed by atoms with Gasteiger partial charge in [0.25, 0.3) is 0 Å². The Labute approximate surface area is 159 Å². The van der Waals surface area contributed by atoms with E-state index in [0.717, 1.165) is 22.9 Å². The summed E-state index contributed by atoms with van der Waals surface area (Å²) in [6, 6.07) is 13.0. The number of nitrogens with zero attached hydrogens (tertiary/aromatic N) is 3. The quantitative estimate of drug-likeness (QED) is 0.601. The van der Waals surface area contributed by atoms with E-state index in [2.05, 4.69) is 9.97 Å². The van der Waals surface area contributed by atoms with E-state index < -0.39 is 17.6 Å². The van der Waals surface area contributed by atoms with Crippen LogP contribution in [0.1, 0.15) is 22.4 Å². The first-order chi connectivity index (χ1) is 13.4. The first-order valence-corrected chi connectivity index (χ1v) is 8.89. The molecular formula is C21H17F4N3. The maximum atomic E-state index is 14.3. The minimum atomic E-state index is -4.70. The van der Waals surface area contributed by atoms with Crippen LogP contribution in [-0.4, -0.2) is 21.4 Å². The van der Waals surface area contributed by atoms with Gasteiger partial charge in [-0.05, 0) is 6.07 Å². The lowest BCUT2D eigenvalue weighted by Gasteiger charge is -2.28. The Morgan fingerprint density at radius 1 is 1.00 bits per heavy atom. The summed E-state index contributed by atoms with van der Waals surface area (Å²) in [6.07, 6.45) is -2.31. The molecule has 28 heavy (non-hydrogen) atoms. The van der Waals surface area contributed by atoms with Gasteiger partial charge in [0.1, 0.15) is 5.82 Å². The van der Waals surface area contributed by atoms with E-state index in [1.807, 2.05) is 35.2 Å². The molecule has 0 saturated heterocycles. The summed E-state index contributed by atoms with van der Waals surface area (Å²) in [6.45, 7) is 1.17. The molecule has 1 aliphatic rings. The largest absolute Gasteiger partial charge is 0.419 e. The van der Waals surface area contributed by atoms with Gasteiger partial charge in [0.2, 0.25) is 0 Å². The molecule has 144 valence electrons. The number of hydrogen-bond donors (Lipinski definition) is 0. The van der Waals surface area contributed by atoms with Gasteiger partial charge in [0, 0.05) is 48.9 Å². The highest BCUT2D eigenvalue weighted by Gasteiger charge is 2.35. The smallest absolute Gasteiger partial charge is 0.294 e. The fourth-order valence-electron chi connectivity index (χ4n) is 3.40. The van der Waals surface area contributed by atoms with Crippen molar-refractivity contribution in [1.29, 1.82) is 0 Å². The van der Waals surface area contributed by atoms with Gasteiger partial charge >= 0.3 is 6.18 Å². The van der Waals surface area contributed by atoms with Crippen LogP contribution in [0, 0.1) is 5.82 Å². The van der Waals surface area contributed by atoms with E-state index in [4.69, 9.17) is 0 Å². The number of rotatable bonds is 3. The summed E-state index contributed by atoms with van der Waals surface area (Å²) >= 11 is 0. The molecule has 0 aliphatic carbocycles. The van der Waals surface area contributed by atoms with Crippen molar-refractivity contribution in [2.24, 2.45) is 0 Å². The van der Waals surface area contributed by atoms with Crippen LogP contribution >= 0.6 is 0 Å². The lowest BCUT2D eigenvalue weighted by atomic mass is 10.0. The Hall–Kier alpha value is -2.80. The maximum absolute atomic E-state index is 14.3. The molecule has 1 aromatic heterocycles. The van der Waals surface area contributed by atoms with Crippen LogP contribution in [-0.2, 0) is 25.7 Å². The van der Waals surface area contributed by atoms with E-state index in [9.17, 15) is 17.6 Å². The Kier molecular flexibility index (Phi) is 4.85. The summed E-state index contributed by atoms with van der Waals surface area (Å²) in [5.74, 6) is -0.548. The van der Waals surface area contributed by atoms with Crippen LogP contribution in [0.5, 0.6) is 0 Å². The fraction of sp³-hybridized carbons (Fsp3) is 0.238. The van der Waals surface area contributed by atoms with E-state index in [0.29, 0.717) is 25.3 Å². The van der Waals surface area contributed by atoms with Gasteiger partial charge in [-0.1, -0.05) is 42.5 Å². The highest BCUT2D eigenvalue weighted by Crippen LogP contribution is 2.33. The van der Waals surface area contributed by atoms with Gasteiger partial charge in [-0.2, -0.15) is 13.2 Å². The summed E-state index contributed by atoms with van der Waals surface area (Å²) in [5.41, 5.74) is 1.59. The van der Waals surface area contributed by atoms with Crippen molar-refractivity contribution in [2.45, 2.75) is 25.7 Å². The summed E-state index contributed by atoms with van der Waals surface area (Å²) in [4.78, 5) is 10.9. The molecule has 4 rings (SSSR count). The highest BCUT2D eigenvalue weighted by molar-refractivity contribution is 5.54. The Morgan fingerprint density at radius 3 is 2.54 bits per heavy atom. The second kappa shape index (κ2) is 7.31. The minimum Gasteiger partial charge on any atom is -0.294 e. The number of halogens is 4. The van der Waals surface area contributed by atoms with Crippen molar-refractivity contribution in [2.75, 3.05) is 6.54 Å². The van der Waals surface area contributed by atoms with Crippen LogP contribution in [0.25, 0.3) is 11.4 Å². The van der Waals surface area contributed by atoms with Crippen LogP contribution in [0.4, 0.5) is 17.6 Å². The van der Waals surface area contributed by atoms with Crippen molar-refractivity contribution in [3.8, 4) is 11.4 Å². The van der Waals surface area contributed by atoms with Gasteiger partial charge in [-0.25, -0.2) is 14.4 Å². The van der Waals surface area contributed by atoms with E-state index in [1.54, 1.807) is 6.20 Å². The molecule has 3 aromatic rings. The van der Waals surface area contributed by atoms with E-state index in [-0.39, 0.29) is 12.1 Å². The minimum absolute atomic E-state index is 0.0418. The first-order valence-electron chi connectivity index (χ1n) is 8.89. The third-order valence-corrected chi connectivity index (χ3v) is 4.82. The monoisotopic (exact) mass is 387 g/mol. The van der Waals surface area contributed by atoms with Crippen molar-refractivity contribution in [3.05, 3.63) is 82.9 Å². The zero-order valence-electron chi connectivity index (χ0n) is 14.9. The highest BCUT2D eigenvalue weighted by atomic mass is 19.4. The molecule has 0 bridgehead atoms. The van der Waals surface area contributed by atoms with Crippen LogP contribution in [0.15, 0.2) is 54.7 Å². The van der Waals surface area contributed by atoms with Gasteiger partial charge in [-0.15, -0.1) is 0 Å². The third-order valence-electron chi connectivity index (χ3n) is 4.82. The summed E-state index contributed by atoms with van der Waals surface area (Å²) in [5, 5.41) is 0. The average Bonchev–Trinajstić information content (AvgIpc) is 2.69. The molecule has 0 spiro atoms. The number of alkyl halides is 3. The molecule has 0 radical (unpaired) electrons. The fourth-order valence-corrected chi connectivity index (χ4v) is 3.40. The Morgan fingerprint density at radius 2 is 1.79 bits per heavy atom. The SMILES string of the molecule is Fc1c(CN2CCc3nc(-c4ccccc4)ncc3C2)cccc1C(F)(F)F. The topological polar surface area (TPSA) is 29.0 Å². The van der Waals surface area contributed by atoms with Crippen molar-refractivity contribution >= 4 is 0 Å². The lowest BCUT2D eigenvalue weighted by molar-refractivity contribution is -0.140. The molecular weight excluding hydrogens is 370 g/mol. The van der Waals surface area contributed by atoms with Crippen molar-refractivity contribution in [1.82, 2.24) is 14.9 Å². The van der Waals surface area contributed by atoms with E-state index in [1.165, 1.54) is 12.1 Å². The van der Waals surface area contributed by atoms with Gasteiger partial charge in [-0.3, -0.25) is 4.90 Å². The molecule has 3 nitrogen and oxygen atoms in total. The Bertz CT molecular complexity index is 987. The Balaban J connectivity index is 1.53. The maximum Gasteiger partial charge on any atom is 0.419 e. The normalized spacial score (nSPS) is 14.7. The van der Waals surface area contributed by atoms with Crippen molar-refractivity contribution in [3.63, 3.8) is 0 Å². The molecule has 2 heterocycles. The second-order valence-corrected chi connectivity index (χ2v) is 6.77. The zero-order chi connectivity index (χ0) is 19.7. The standard InChI is InChI=1S/C21H17F4N3/c22-19-15(7-4-8-17(19)21(23,24)25)12-28-10-9-18-16(13-28)11-26-20(27-18)14-5-2-1-3-6-14/h1-8,11H,9-10,12-13H2. The predicted octanol–water partition coefficient (Wildman–Crippen LogP) is 4.86. The third kappa shape index (κ3) is 3.75. The number of fused-ring (bicyclic) bond motifs is 1. The van der Waals surface area contributed by atoms with Crippen LogP contribution in [0.2, 0.25) is 0 Å². The molecule has 0 N–H and O–H groups in total. The molecule has 7 heteroatoms. The second-order valence-electron chi connectivity index (χ2n) is 6.77. The van der Waals surface area contributed by atoms with Crippen molar-refractivity contribution < 1.29 is 17.6 Å². The predicted molar refractivity (Wildman–Crippen MR) is 96.7 cm³/mol. The molecule has 0 amide bonds. The molecule has 0 atom stereocenters. The summed E-state index contributed by atoms with van der Waals surface area (Å²) in [7, 11) is 0. The number of benzene rings is 2. The van der Waals surface area contributed by atoms with Gasteiger partial charge in [0.05, 0.1) is 11.3 Å². The van der Waals surface area contributed by atoms with Crippen LogP contribution < -0.4 is 0 Å². The molecule has 2 aromatic carbocycles. The molecule has 1 aliphatic heterocycles. The lowest BCUT2D eigenvalue weighted by Crippen LogP contribution is -2.31.